The van der Waals surface area contributed by atoms with E-state index in [0.29, 0.717) is 0 Å². The minimum atomic E-state index is 0.254. The molecule has 1 nitrogen and oxygen atoms in total. The summed E-state index contributed by atoms with van der Waals surface area (Å²) in [6.45, 7) is 3.13. The predicted molar refractivity (Wildman–Crippen MR) is 51.0 cm³/mol. The summed E-state index contributed by atoms with van der Waals surface area (Å²) in [6.07, 6.45) is 4.33. The fourth-order valence-corrected chi connectivity index (χ4v) is 2.06. The molecule has 1 aliphatic rings. The van der Waals surface area contributed by atoms with Crippen molar-refractivity contribution in [3.8, 4) is 0 Å². The second kappa shape index (κ2) is 3.82. The van der Waals surface area contributed by atoms with Gasteiger partial charge in [-0.15, -0.1) is 0 Å². The summed E-state index contributed by atoms with van der Waals surface area (Å²) in [5.41, 5.74) is 1.25. The molecular weight excluding hydrogens is 225 g/mol. The maximum atomic E-state index is 3.25. The molecule has 0 aromatic carbocycles. The van der Waals surface area contributed by atoms with E-state index in [4.69, 9.17) is 0 Å². The third-order valence-electron chi connectivity index (χ3n) is 1.01. The fourth-order valence-electron chi connectivity index (χ4n) is 0.628. The molecule has 1 heterocycles. The first kappa shape index (κ1) is 6.99. The predicted octanol–water partition coefficient (Wildman–Crippen LogP) is 1.78. The van der Waals surface area contributed by atoms with Crippen LogP contribution in [-0.4, -0.2) is 10.6 Å². The lowest BCUT2D eigenvalue weighted by Gasteiger charge is -2.02. The molecule has 0 radical (unpaired) electrons. The van der Waals surface area contributed by atoms with Crippen LogP contribution in [0.25, 0.3) is 0 Å². The SMILES string of the molecule is CCNC1=CC=IC=C1. The third kappa shape index (κ3) is 2.30. The molecule has 0 bridgehead atoms. The van der Waals surface area contributed by atoms with E-state index >= 15 is 0 Å². The largest absolute Gasteiger partial charge is 0.385 e. The molecule has 0 saturated heterocycles. The van der Waals surface area contributed by atoms with Crippen molar-refractivity contribution in [3.63, 3.8) is 0 Å². The van der Waals surface area contributed by atoms with Crippen LogP contribution in [-0.2, 0) is 0 Å². The first-order chi connectivity index (χ1) is 4.43. The molecule has 1 rings (SSSR count). The summed E-state index contributed by atoms with van der Waals surface area (Å²) in [4.78, 5) is 0. The highest BCUT2D eigenvalue weighted by Gasteiger charge is 1.87. The van der Waals surface area contributed by atoms with Crippen molar-refractivity contribution in [3.05, 3.63) is 21.9 Å². The molecule has 0 aromatic heterocycles. The summed E-state index contributed by atoms with van der Waals surface area (Å²) in [6, 6.07) is 0. The molecule has 0 atom stereocenters. The van der Waals surface area contributed by atoms with Crippen LogP contribution in [0.4, 0.5) is 0 Å². The molecular formula is C7H10IN. The highest BCUT2D eigenvalue weighted by atomic mass is 127. The van der Waals surface area contributed by atoms with Crippen LogP contribution in [0.5, 0.6) is 0 Å². The Balaban J connectivity index is 2.51. The maximum absolute atomic E-state index is 3.25. The molecule has 1 N–H and O–H groups in total. The molecule has 0 amide bonds. The Kier molecular flexibility index (Phi) is 2.97. The lowest BCUT2D eigenvalue weighted by molar-refractivity contribution is 0.881. The van der Waals surface area contributed by atoms with E-state index in [9.17, 15) is 0 Å². The van der Waals surface area contributed by atoms with E-state index in [-0.39, 0.29) is 20.7 Å². The quantitative estimate of drug-likeness (QED) is 0.719. The van der Waals surface area contributed by atoms with Gasteiger partial charge in [-0.2, -0.15) is 0 Å². The van der Waals surface area contributed by atoms with E-state index < -0.39 is 0 Å². The van der Waals surface area contributed by atoms with Crippen LogP contribution >= 0.6 is 20.7 Å². The van der Waals surface area contributed by atoms with Crippen molar-refractivity contribution >= 4 is 24.7 Å². The Morgan fingerprint density at radius 2 is 2.56 bits per heavy atom. The zero-order valence-corrected chi connectivity index (χ0v) is 7.55. The number of halogens is 1. The zero-order valence-electron chi connectivity index (χ0n) is 5.39. The van der Waals surface area contributed by atoms with Gasteiger partial charge in [0, 0.05) is 12.2 Å². The number of likely N-dealkylation sites (N-methyl/N-ethyl adjacent to an activating group) is 1. The normalized spacial score (nSPS) is 16.3. The summed E-state index contributed by atoms with van der Waals surface area (Å²) in [5, 5.41) is 3.25. The molecule has 0 aromatic rings. The summed E-state index contributed by atoms with van der Waals surface area (Å²) < 4.78 is 4.52. The first-order valence-corrected chi connectivity index (χ1v) is 5.48. The van der Waals surface area contributed by atoms with E-state index in [1.54, 1.807) is 0 Å². The highest BCUT2D eigenvalue weighted by Crippen LogP contribution is 2.06. The minimum Gasteiger partial charge on any atom is -0.385 e. The standard InChI is InChI=1S/C7H10IN/c1-2-9-7-3-5-8-6-4-7/h3-6,9H,2H2,1H3. The smallest absolute Gasteiger partial charge is 0.0348 e. The zero-order chi connectivity index (χ0) is 6.53. The molecule has 9 heavy (non-hydrogen) atoms. The van der Waals surface area contributed by atoms with Gasteiger partial charge in [0.2, 0.25) is 0 Å². The molecule has 0 aliphatic carbocycles. The van der Waals surface area contributed by atoms with Crippen LogP contribution in [0, 0.1) is 0 Å². The van der Waals surface area contributed by atoms with Gasteiger partial charge in [0.05, 0.1) is 0 Å². The van der Waals surface area contributed by atoms with Gasteiger partial charge < -0.3 is 5.32 Å². The molecule has 1 aliphatic heterocycles. The van der Waals surface area contributed by atoms with Gasteiger partial charge in [-0.3, -0.25) is 0 Å². The maximum Gasteiger partial charge on any atom is 0.0348 e. The van der Waals surface area contributed by atoms with Crippen LogP contribution < -0.4 is 5.32 Å². The van der Waals surface area contributed by atoms with E-state index in [0.717, 1.165) is 6.54 Å². The van der Waals surface area contributed by atoms with Gasteiger partial charge in [0.15, 0.2) is 0 Å². The fraction of sp³-hybridized carbons (Fsp3) is 0.286. The van der Waals surface area contributed by atoms with Crippen molar-refractivity contribution in [2.75, 3.05) is 6.54 Å². The van der Waals surface area contributed by atoms with Gasteiger partial charge >= 0.3 is 0 Å². The Labute approximate surface area is 65.6 Å². The topological polar surface area (TPSA) is 12.0 Å². The minimum absolute atomic E-state index is 0.254. The summed E-state index contributed by atoms with van der Waals surface area (Å²) in [7, 11) is 0. The number of nitrogens with one attached hydrogen (secondary N) is 1. The Hall–Kier alpha value is -0.120. The number of rotatable bonds is 2. The molecule has 50 valence electrons. The van der Waals surface area contributed by atoms with Crippen molar-refractivity contribution in [2.24, 2.45) is 0 Å². The average Bonchev–Trinajstić information content (AvgIpc) is 1.91. The van der Waals surface area contributed by atoms with Crippen LogP contribution in [0.3, 0.4) is 0 Å². The molecule has 2 heteroatoms. The first-order valence-electron chi connectivity index (χ1n) is 2.99. The van der Waals surface area contributed by atoms with Gasteiger partial charge in [-0.05, 0) is 27.2 Å². The van der Waals surface area contributed by atoms with Crippen molar-refractivity contribution < 1.29 is 0 Å². The summed E-state index contributed by atoms with van der Waals surface area (Å²) in [5.74, 6) is 0. The molecule has 0 fully saturated rings. The van der Waals surface area contributed by atoms with Crippen molar-refractivity contribution in [1.29, 1.82) is 0 Å². The Bertz CT molecular complexity index is 168. The van der Waals surface area contributed by atoms with Gasteiger partial charge in [0.25, 0.3) is 0 Å². The average molecular weight is 235 g/mol. The monoisotopic (exact) mass is 235 g/mol. The Morgan fingerprint density at radius 1 is 1.67 bits per heavy atom. The highest BCUT2D eigenvalue weighted by molar-refractivity contribution is 14.2. The number of hydrogen-bond acceptors (Lipinski definition) is 1. The van der Waals surface area contributed by atoms with E-state index in [2.05, 4.69) is 32.5 Å². The second-order valence-electron chi connectivity index (χ2n) is 1.70. The third-order valence-corrected chi connectivity index (χ3v) is 2.56. The van der Waals surface area contributed by atoms with Crippen molar-refractivity contribution in [2.45, 2.75) is 6.92 Å². The molecule has 0 unspecified atom stereocenters. The summed E-state index contributed by atoms with van der Waals surface area (Å²) >= 11 is 0.254. The lowest BCUT2D eigenvalue weighted by Crippen LogP contribution is -2.10. The van der Waals surface area contributed by atoms with Gasteiger partial charge in [-0.1, -0.05) is 20.7 Å². The van der Waals surface area contributed by atoms with Crippen molar-refractivity contribution in [1.82, 2.24) is 5.32 Å². The van der Waals surface area contributed by atoms with E-state index in [1.165, 1.54) is 5.70 Å². The second-order valence-corrected chi connectivity index (χ2v) is 3.85. The molecule has 0 saturated carbocycles. The van der Waals surface area contributed by atoms with Crippen LogP contribution in [0.1, 0.15) is 6.92 Å². The lowest BCUT2D eigenvalue weighted by atomic mass is 10.4. The number of hydrogen-bond donors (Lipinski definition) is 1. The van der Waals surface area contributed by atoms with Crippen LogP contribution in [0.15, 0.2) is 21.9 Å². The van der Waals surface area contributed by atoms with E-state index in [1.807, 2.05) is 0 Å². The van der Waals surface area contributed by atoms with Gasteiger partial charge in [0.1, 0.15) is 0 Å². The van der Waals surface area contributed by atoms with Crippen LogP contribution in [0.2, 0.25) is 0 Å². The number of allylic oxidation sites excluding steroid dienone is 2. The van der Waals surface area contributed by atoms with Gasteiger partial charge in [-0.25, -0.2) is 0 Å². The molecule has 0 spiro atoms. The Morgan fingerprint density at radius 3 is 3.11 bits per heavy atom.